The number of hydrogen-bond donors (Lipinski definition) is 1. The van der Waals surface area contributed by atoms with Crippen LogP contribution in [0.1, 0.15) is 13.3 Å². The number of hydrogen-bond acceptors (Lipinski definition) is 6. The lowest BCUT2D eigenvalue weighted by molar-refractivity contribution is -0.142. The monoisotopic (exact) mass is 297 g/mol. The number of carbonyl (C=O) groups excluding carboxylic acids is 1. The molecular formula is C9H15NO6S2. The highest BCUT2D eigenvalue weighted by Crippen LogP contribution is 2.24. The maximum absolute atomic E-state index is 11.9. The van der Waals surface area contributed by atoms with E-state index in [1.165, 1.54) is 11.8 Å². The Labute approximate surface area is 110 Å². The quantitative estimate of drug-likeness (QED) is 0.673. The van der Waals surface area contributed by atoms with Gasteiger partial charge >= 0.3 is 11.9 Å². The summed E-state index contributed by atoms with van der Waals surface area (Å²) in [6.45, 7) is 1.82. The lowest BCUT2D eigenvalue weighted by Crippen LogP contribution is -2.43. The number of carboxylic acids is 1. The van der Waals surface area contributed by atoms with Gasteiger partial charge in [-0.3, -0.25) is 9.59 Å². The Bertz CT molecular complexity index is 421. The number of carbonyl (C=O) groups is 2. The lowest BCUT2D eigenvalue weighted by atomic mass is 10.4. The van der Waals surface area contributed by atoms with Gasteiger partial charge in [-0.2, -0.15) is 4.31 Å². The smallest absolute Gasteiger partial charge is 0.322 e. The Balaban J connectivity index is 2.63. The molecule has 104 valence electrons. The van der Waals surface area contributed by atoms with Crippen LogP contribution < -0.4 is 0 Å². The van der Waals surface area contributed by atoms with Crippen LogP contribution in [0.15, 0.2) is 0 Å². The van der Waals surface area contributed by atoms with Crippen molar-refractivity contribution in [3.63, 3.8) is 0 Å². The second-order valence-corrected chi connectivity index (χ2v) is 6.65. The Morgan fingerprint density at radius 2 is 2.17 bits per heavy atom. The molecule has 1 rings (SSSR count). The van der Waals surface area contributed by atoms with Crippen molar-refractivity contribution in [2.24, 2.45) is 0 Å². The van der Waals surface area contributed by atoms with Gasteiger partial charge in [0.1, 0.15) is 6.04 Å². The van der Waals surface area contributed by atoms with Crippen molar-refractivity contribution < 1.29 is 27.9 Å². The minimum Gasteiger partial charge on any atom is -0.480 e. The number of aliphatic carboxylic acids is 1. The van der Waals surface area contributed by atoms with E-state index < -0.39 is 33.8 Å². The molecule has 0 amide bonds. The molecule has 0 saturated carbocycles. The first-order valence-corrected chi connectivity index (χ1v) is 8.10. The minimum absolute atomic E-state index is 0.113. The second-order valence-electron chi connectivity index (χ2n) is 3.61. The van der Waals surface area contributed by atoms with Crippen LogP contribution in [0, 0.1) is 0 Å². The normalized spacial score (nSPS) is 20.8. The van der Waals surface area contributed by atoms with Gasteiger partial charge in [0.2, 0.25) is 10.0 Å². The number of thioether (sulfide) groups is 1. The Morgan fingerprint density at radius 1 is 1.50 bits per heavy atom. The molecule has 0 bridgehead atoms. The molecule has 1 N–H and O–H groups in total. The number of esters is 1. The molecule has 1 atom stereocenters. The zero-order valence-corrected chi connectivity index (χ0v) is 11.5. The van der Waals surface area contributed by atoms with Gasteiger partial charge in [-0.1, -0.05) is 0 Å². The van der Waals surface area contributed by atoms with E-state index in [0.29, 0.717) is 0 Å². The number of carboxylic acid groups (broad SMARTS) is 1. The van der Waals surface area contributed by atoms with Gasteiger partial charge in [0.05, 0.1) is 24.7 Å². The van der Waals surface area contributed by atoms with E-state index in [1.807, 2.05) is 0 Å². The molecule has 0 aromatic heterocycles. The molecule has 7 nitrogen and oxygen atoms in total. The summed E-state index contributed by atoms with van der Waals surface area (Å²) in [7, 11) is -3.74. The summed E-state index contributed by atoms with van der Waals surface area (Å²) < 4.78 is 29.4. The number of ether oxygens (including phenoxy) is 1. The molecule has 0 spiro atoms. The van der Waals surface area contributed by atoms with Crippen molar-refractivity contribution in [3.05, 3.63) is 0 Å². The topological polar surface area (TPSA) is 101 Å². The largest absolute Gasteiger partial charge is 0.480 e. The van der Waals surface area contributed by atoms with Gasteiger partial charge in [0, 0.05) is 5.75 Å². The first-order chi connectivity index (χ1) is 8.38. The zero-order chi connectivity index (χ0) is 13.8. The molecule has 1 saturated heterocycles. The number of rotatable bonds is 6. The van der Waals surface area contributed by atoms with Crippen LogP contribution in [0.25, 0.3) is 0 Å². The highest BCUT2D eigenvalue weighted by atomic mass is 32.2. The van der Waals surface area contributed by atoms with Gasteiger partial charge in [-0.25, -0.2) is 8.42 Å². The Hall–Kier alpha value is -0.800. The zero-order valence-electron chi connectivity index (χ0n) is 9.87. The van der Waals surface area contributed by atoms with Crippen LogP contribution in [0.3, 0.4) is 0 Å². The van der Waals surface area contributed by atoms with Crippen LogP contribution in [0.5, 0.6) is 0 Å². The molecule has 1 aliphatic rings. The van der Waals surface area contributed by atoms with Gasteiger partial charge in [-0.15, -0.1) is 11.8 Å². The van der Waals surface area contributed by atoms with E-state index in [0.717, 1.165) is 4.31 Å². The summed E-state index contributed by atoms with van der Waals surface area (Å²) in [5.74, 6) is -1.84. The summed E-state index contributed by atoms with van der Waals surface area (Å²) in [6.07, 6.45) is -0.260. The molecule has 0 aliphatic carbocycles. The Kier molecular flexibility index (Phi) is 5.42. The third-order valence-electron chi connectivity index (χ3n) is 2.35. The highest BCUT2D eigenvalue weighted by molar-refractivity contribution is 8.00. The predicted molar refractivity (Wildman–Crippen MR) is 65.6 cm³/mol. The van der Waals surface area contributed by atoms with E-state index in [9.17, 15) is 18.0 Å². The molecule has 9 heteroatoms. The van der Waals surface area contributed by atoms with E-state index in [1.54, 1.807) is 6.92 Å². The fourth-order valence-corrected chi connectivity index (χ4v) is 4.64. The van der Waals surface area contributed by atoms with Crippen molar-refractivity contribution in [3.8, 4) is 0 Å². The molecule has 0 aromatic rings. The molecule has 18 heavy (non-hydrogen) atoms. The van der Waals surface area contributed by atoms with Crippen LogP contribution in [-0.4, -0.2) is 59.8 Å². The number of sulfonamides is 1. The van der Waals surface area contributed by atoms with E-state index in [-0.39, 0.29) is 24.7 Å². The lowest BCUT2D eigenvalue weighted by Gasteiger charge is -2.19. The highest BCUT2D eigenvalue weighted by Gasteiger charge is 2.39. The maximum atomic E-state index is 11.9. The second kappa shape index (κ2) is 6.39. The third kappa shape index (κ3) is 3.85. The van der Waals surface area contributed by atoms with E-state index in [2.05, 4.69) is 4.74 Å². The molecule has 0 unspecified atom stereocenters. The first-order valence-electron chi connectivity index (χ1n) is 5.34. The summed E-state index contributed by atoms with van der Waals surface area (Å²) in [5.41, 5.74) is 0. The van der Waals surface area contributed by atoms with Crippen LogP contribution in [0.4, 0.5) is 0 Å². The standard InChI is InChI=1S/C9H15NO6S2/c1-2-16-8(11)3-4-18(14,15)10-6-17-5-7(10)9(12)13/h7H,2-6H2,1H3,(H,12,13)/t7-/m0/s1. The molecule has 1 fully saturated rings. The molecule has 0 aromatic carbocycles. The average molecular weight is 297 g/mol. The van der Waals surface area contributed by atoms with Crippen molar-refractivity contribution in [1.29, 1.82) is 0 Å². The summed E-state index contributed by atoms with van der Waals surface area (Å²) in [4.78, 5) is 22.0. The fraction of sp³-hybridized carbons (Fsp3) is 0.778. The van der Waals surface area contributed by atoms with Crippen LogP contribution in [-0.2, 0) is 24.3 Å². The molecule has 1 aliphatic heterocycles. The first kappa shape index (κ1) is 15.3. The van der Waals surface area contributed by atoms with Crippen LogP contribution >= 0.6 is 11.8 Å². The fourth-order valence-electron chi connectivity index (χ4n) is 1.46. The number of nitrogens with zero attached hydrogens (tertiary/aromatic N) is 1. The summed E-state index contributed by atoms with van der Waals surface area (Å²) in [6, 6.07) is -1.04. The minimum atomic E-state index is -3.74. The third-order valence-corrected chi connectivity index (χ3v) is 5.35. The van der Waals surface area contributed by atoms with Gasteiger partial charge < -0.3 is 9.84 Å². The van der Waals surface area contributed by atoms with Crippen molar-refractivity contribution in [2.75, 3.05) is 24.0 Å². The van der Waals surface area contributed by atoms with E-state index >= 15 is 0 Å². The molecule has 0 radical (unpaired) electrons. The van der Waals surface area contributed by atoms with Crippen molar-refractivity contribution in [2.45, 2.75) is 19.4 Å². The van der Waals surface area contributed by atoms with Crippen molar-refractivity contribution >= 4 is 33.7 Å². The SMILES string of the molecule is CCOC(=O)CCS(=O)(=O)N1CSC[C@H]1C(=O)O. The van der Waals surface area contributed by atoms with E-state index in [4.69, 9.17) is 5.11 Å². The van der Waals surface area contributed by atoms with Crippen LogP contribution in [0.2, 0.25) is 0 Å². The van der Waals surface area contributed by atoms with Gasteiger partial charge in [-0.05, 0) is 6.92 Å². The van der Waals surface area contributed by atoms with Crippen molar-refractivity contribution in [1.82, 2.24) is 4.31 Å². The Morgan fingerprint density at radius 3 is 2.72 bits per heavy atom. The predicted octanol–water partition coefficient (Wildman–Crippen LogP) is -0.271. The summed E-state index contributed by atoms with van der Waals surface area (Å²) >= 11 is 1.24. The average Bonchev–Trinajstić information content (AvgIpc) is 2.76. The van der Waals surface area contributed by atoms with Gasteiger partial charge in [0.15, 0.2) is 0 Å². The molecular weight excluding hydrogens is 282 g/mol. The van der Waals surface area contributed by atoms with Gasteiger partial charge in [0.25, 0.3) is 0 Å². The molecule has 1 heterocycles. The summed E-state index contributed by atoms with van der Waals surface area (Å²) in [5, 5.41) is 8.90. The maximum Gasteiger partial charge on any atom is 0.322 e.